The van der Waals surface area contributed by atoms with E-state index in [1.165, 1.54) is 0 Å². The average molecular weight is 474 g/mol. The Morgan fingerprint density at radius 1 is 1.09 bits per heavy atom. The Kier molecular flexibility index (Phi) is 9.19. The van der Waals surface area contributed by atoms with E-state index in [1.54, 1.807) is 0 Å². The minimum Gasteiger partial charge on any atom is -0.326 e. The van der Waals surface area contributed by atoms with Gasteiger partial charge < -0.3 is 5.32 Å². The van der Waals surface area contributed by atoms with Crippen molar-refractivity contribution in [2.24, 2.45) is 17.8 Å². The normalized spacial score (nSPS) is 20.3. The highest BCUT2D eigenvalue weighted by atomic mass is 35.5. The van der Waals surface area contributed by atoms with Gasteiger partial charge in [0.15, 0.2) is 0 Å². The van der Waals surface area contributed by atoms with Crippen LogP contribution in [0.15, 0.2) is 42.5 Å². The van der Waals surface area contributed by atoms with Gasteiger partial charge in [0.1, 0.15) is 5.78 Å². The van der Waals surface area contributed by atoms with E-state index in [4.69, 9.17) is 23.2 Å². The standard InChI is InChI=1S/C27H33Cl2NO2/c1-3-19-16-24(28)23(25(29)17-19)14-12-21-9-7-8-20(13-15-26(21)31)18(2)27(32)30-22-10-5-4-6-11-22/h4-6,10-11,16-18,20-21H,3,7-9,12-15H2,1-2H3,(H,30,32). The predicted octanol–water partition coefficient (Wildman–Crippen LogP) is 7.53. The van der Waals surface area contributed by atoms with Crippen LogP contribution in [-0.2, 0) is 22.4 Å². The van der Waals surface area contributed by atoms with Crippen molar-refractivity contribution < 1.29 is 9.59 Å². The minimum absolute atomic E-state index is 0.0329. The molecular weight excluding hydrogens is 441 g/mol. The molecular formula is C27H33Cl2NO2. The number of para-hydroxylation sites is 1. The van der Waals surface area contributed by atoms with Crippen LogP contribution in [0.3, 0.4) is 0 Å². The Labute approximate surface area is 201 Å². The number of carbonyl (C=O) groups excluding carboxylic acids is 2. The first-order chi connectivity index (χ1) is 15.4. The lowest BCUT2D eigenvalue weighted by molar-refractivity contribution is -0.126. The van der Waals surface area contributed by atoms with Crippen LogP contribution >= 0.6 is 23.2 Å². The van der Waals surface area contributed by atoms with Crippen molar-refractivity contribution in [3.05, 3.63) is 63.6 Å². The van der Waals surface area contributed by atoms with Gasteiger partial charge in [-0.2, -0.15) is 0 Å². The second-order valence-electron chi connectivity index (χ2n) is 8.97. The van der Waals surface area contributed by atoms with E-state index < -0.39 is 0 Å². The Hall–Kier alpha value is -1.84. The molecule has 3 rings (SSSR count). The van der Waals surface area contributed by atoms with Crippen LogP contribution in [0.5, 0.6) is 0 Å². The van der Waals surface area contributed by atoms with Gasteiger partial charge in [-0.15, -0.1) is 0 Å². The maximum Gasteiger partial charge on any atom is 0.227 e. The van der Waals surface area contributed by atoms with Gasteiger partial charge in [0.05, 0.1) is 0 Å². The summed E-state index contributed by atoms with van der Waals surface area (Å²) >= 11 is 12.9. The summed E-state index contributed by atoms with van der Waals surface area (Å²) < 4.78 is 0. The number of aryl methyl sites for hydroxylation is 1. The molecule has 2 aromatic rings. The first-order valence-electron chi connectivity index (χ1n) is 11.7. The molecule has 1 amide bonds. The second-order valence-corrected chi connectivity index (χ2v) is 9.78. The molecule has 1 fully saturated rings. The summed E-state index contributed by atoms with van der Waals surface area (Å²) in [6.45, 7) is 4.06. The number of halogens is 2. The number of Topliss-reactive ketones (excluding diaryl/α,β-unsaturated/α-hetero) is 1. The lowest BCUT2D eigenvalue weighted by Crippen LogP contribution is -2.29. The maximum absolute atomic E-state index is 12.9. The van der Waals surface area contributed by atoms with Crippen molar-refractivity contribution in [2.75, 3.05) is 5.32 Å². The van der Waals surface area contributed by atoms with Gasteiger partial charge in [0.2, 0.25) is 5.91 Å². The van der Waals surface area contributed by atoms with E-state index in [2.05, 4.69) is 12.2 Å². The molecule has 0 radical (unpaired) electrons. The SMILES string of the molecule is CCc1cc(Cl)c(CCC2CCCC(C(C)C(=O)Nc3ccccc3)CCC2=O)c(Cl)c1. The van der Waals surface area contributed by atoms with E-state index in [9.17, 15) is 9.59 Å². The van der Waals surface area contributed by atoms with E-state index in [1.807, 2.05) is 49.4 Å². The topological polar surface area (TPSA) is 46.2 Å². The average Bonchev–Trinajstić information content (AvgIpc) is 2.77. The van der Waals surface area contributed by atoms with Crippen LogP contribution in [0.25, 0.3) is 0 Å². The third kappa shape index (κ3) is 6.59. The number of nitrogens with one attached hydrogen (secondary N) is 1. The fourth-order valence-corrected chi connectivity index (χ4v) is 5.40. The molecule has 32 heavy (non-hydrogen) atoms. The number of hydrogen-bond donors (Lipinski definition) is 1. The molecule has 0 spiro atoms. The molecule has 172 valence electrons. The van der Waals surface area contributed by atoms with Gasteiger partial charge >= 0.3 is 0 Å². The Bertz CT molecular complexity index is 906. The smallest absolute Gasteiger partial charge is 0.227 e. The largest absolute Gasteiger partial charge is 0.326 e. The van der Waals surface area contributed by atoms with Gasteiger partial charge in [-0.1, -0.05) is 61.7 Å². The lowest BCUT2D eigenvalue weighted by Gasteiger charge is -2.27. The van der Waals surface area contributed by atoms with Crippen LogP contribution in [0, 0.1) is 17.8 Å². The van der Waals surface area contributed by atoms with Crippen LogP contribution in [-0.4, -0.2) is 11.7 Å². The van der Waals surface area contributed by atoms with Crippen molar-refractivity contribution in [1.29, 1.82) is 0 Å². The monoisotopic (exact) mass is 473 g/mol. The molecule has 5 heteroatoms. The summed E-state index contributed by atoms with van der Waals surface area (Å²) in [4.78, 5) is 25.6. The number of amides is 1. The second kappa shape index (κ2) is 11.9. The third-order valence-corrected chi connectivity index (χ3v) is 7.53. The summed E-state index contributed by atoms with van der Waals surface area (Å²) in [6.07, 6.45) is 6.49. The number of anilines is 1. The molecule has 3 nitrogen and oxygen atoms in total. The van der Waals surface area contributed by atoms with Crippen molar-refractivity contribution in [2.45, 2.75) is 65.2 Å². The van der Waals surface area contributed by atoms with Crippen LogP contribution in [0.4, 0.5) is 5.69 Å². The van der Waals surface area contributed by atoms with Gasteiger partial charge in [-0.25, -0.2) is 0 Å². The summed E-state index contributed by atoms with van der Waals surface area (Å²) in [7, 11) is 0. The molecule has 0 saturated heterocycles. The molecule has 0 heterocycles. The van der Waals surface area contributed by atoms with E-state index >= 15 is 0 Å². The van der Waals surface area contributed by atoms with Gasteiger partial charge in [-0.3, -0.25) is 9.59 Å². The maximum atomic E-state index is 12.9. The fraction of sp³-hybridized carbons (Fsp3) is 0.481. The Morgan fingerprint density at radius 2 is 1.78 bits per heavy atom. The molecule has 0 bridgehead atoms. The quantitative estimate of drug-likeness (QED) is 0.451. The predicted molar refractivity (Wildman–Crippen MR) is 133 cm³/mol. The lowest BCUT2D eigenvalue weighted by atomic mass is 9.78. The zero-order valence-electron chi connectivity index (χ0n) is 19.0. The molecule has 1 N–H and O–H groups in total. The third-order valence-electron chi connectivity index (χ3n) is 6.86. The molecule has 1 aliphatic carbocycles. The number of carbonyl (C=O) groups is 2. The van der Waals surface area contributed by atoms with Gasteiger partial charge in [0.25, 0.3) is 0 Å². The summed E-state index contributed by atoms with van der Waals surface area (Å²) in [5, 5.41) is 4.40. The van der Waals surface area contributed by atoms with Crippen molar-refractivity contribution in [3.8, 4) is 0 Å². The number of benzene rings is 2. The highest BCUT2D eigenvalue weighted by Gasteiger charge is 2.29. The van der Waals surface area contributed by atoms with E-state index in [-0.39, 0.29) is 23.7 Å². The molecule has 2 aromatic carbocycles. The molecule has 1 aliphatic rings. The van der Waals surface area contributed by atoms with Crippen molar-refractivity contribution in [1.82, 2.24) is 0 Å². The molecule has 0 aromatic heterocycles. The van der Waals surface area contributed by atoms with Crippen LogP contribution in [0.2, 0.25) is 10.0 Å². The van der Waals surface area contributed by atoms with Gasteiger partial charge in [0, 0.05) is 34.0 Å². The minimum atomic E-state index is -0.116. The number of ketones is 1. The highest BCUT2D eigenvalue weighted by Crippen LogP contribution is 2.33. The Morgan fingerprint density at radius 3 is 2.44 bits per heavy atom. The summed E-state index contributed by atoms with van der Waals surface area (Å²) in [6, 6.07) is 13.5. The summed E-state index contributed by atoms with van der Waals surface area (Å²) in [5.74, 6) is 0.499. The van der Waals surface area contributed by atoms with Crippen molar-refractivity contribution >= 4 is 40.6 Å². The Balaban J connectivity index is 1.54. The van der Waals surface area contributed by atoms with Crippen LogP contribution in [0.1, 0.15) is 63.5 Å². The zero-order chi connectivity index (χ0) is 23.1. The zero-order valence-corrected chi connectivity index (χ0v) is 20.5. The fourth-order valence-electron chi connectivity index (χ4n) is 4.68. The number of hydrogen-bond acceptors (Lipinski definition) is 2. The summed E-state index contributed by atoms with van der Waals surface area (Å²) in [5.41, 5.74) is 2.89. The first-order valence-corrected chi connectivity index (χ1v) is 12.5. The molecule has 3 atom stereocenters. The molecule has 0 aliphatic heterocycles. The number of rotatable bonds is 7. The van der Waals surface area contributed by atoms with Crippen molar-refractivity contribution in [3.63, 3.8) is 0 Å². The first kappa shape index (κ1) is 24.8. The van der Waals surface area contributed by atoms with Gasteiger partial charge in [-0.05, 0) is 79.8 Å². The highest BCUT2D eigenvalue weighted by molar-refractivity contribution is 6.36. The van der Waals surface area contributed by atoms with E-state index in [0.717, 1.165) is 61.8 Å². The van der Waals surface area contributed by atoms with Crippen LogP contribution < -0.4 is 5.32 Å². The molecule has 1 saturated carbocycles. The van der Waals surface area contributed by atoms with E-state index in [0.29, 0.717) is 22.2 Å². The molecule has 3 unspecified atom stereocenters.